The number of aromatic nitrogens is 1. The van der Waals surface area contributed by atoms with Crippen molar-refractivity contribution in [2.24, 2.45) is 0 Å². The summed E-state index contributed by atoms with van der Waals surface area (Å²) in [6, 6.07) is 4.29. The van der Waals surface area contributed by atoms with Crippen molar-refractivity contribution in [3.05, 3.63) is 56.4 Å². The Morgan fingerprint density at radius 3 is 2.81 bits per heavy atom. The van der Waals surface area contributed by atoms with Crippen molar-refractivity contribution in [3.63, 3.8) is 0 Å². The topological polar surface area (TPSA) is 103 Å². The number of carbonyl (C=O) groups is 1. The van der Waals surface area contributed by atoms with Gasteiger partial charge in [0.05, 0.1) is 9.40 Å². The van der Waals surface area contributed by atoms with Crippen LogP contribution in [0, 0.1) is 15.9 Å². The molecular formula is C12H6BrFN2O5. The predicted octanol–water partition coefficient (Wildman–Crippen LogP) is 3.38. The monoisotopic (exact) mass is 356 g/mol. The van der Waals surface area contributed by atoms with Crippen molar-refractivity contribution in [2.45, 2.75) is 0 Å². The van der Waals surface area contributed by atoms with Crippen molar-refractivity contribution in [1.29, 1.82) is 0 Å². The van der Waals surface area contributed by atoms with Crippen LogP contribution in [-0.2, 0) is 0 Å². The first kappa shape index (κ1) is 14.9. The average molecular weight is 357 g/mol. The lowest BCUT2D eigenvalue weighted by molar-refractivity contribution is -0.385. The second-order valence-corrected chi connectivity index (χ2v) is 4.61. The highest BCUT2D eigenvalue weighted by atomic mass is 79.9. The predicted molar refractivity (Wildman–Crippen MR) is 72.0 cm³/mol. The Morgan fingerprint density at radius 1 is 1.48 bits per heavy atom. The van der Waals surface area contributed by atoms with Gasteiger partial charge in [0, 0.05) is 18.3 Å². The summed E-state index contributed by atoms with van der Waals surface area (Å²) < 4.78 is 18.5. The third kappa shape index (κ3) is 3.14. The number of benzene rings is 1. The van der Waals surface area contributed by atoms with Gasteiger partial charge in [0.2, 0.25) is 11.6 Å². The summed E-state index contributed by atoms with van der Waals surface area (Å²) in [6.45, 7) is 0. The van der Waals surface area contributed by atoms with Gasteiger partial charge in [-0.15, -0.1) is 0 Å². The van der Waals surface area contributed by atoms with E-state index in [9.17, 15) is 19.3 Å². The average Bonchev–Trinajstić information content (AvgIpc) is 2.42. The second-order valence-electron chi connectivity index (χ2n) is 3.75. The van der Waals surface area contributed by atoms with Crippen molar-refractivity contribution in [2.75, 3.05) is 0 Å². The third-order valence-corrected chi connectivity index (χ3v) is 3.01. The zero-order valence-corrected chi connectivity index (χ0v) is 11.7. The summed E-state index contributed by atoms with van der Waals surface area (Å²) in [5.74, 6) is -2.92. The molecule has 0 aliphatic heterocycles. The number of nitro groups is 1. The van der Waals surface area contributed by atoms with E-state index in [1.54, 1.807) is 0 Å². The number of ether oxygens (including phenoxy) is 1. The molecule has 0 saturated carbocycles. The fourth-order valence-electron chi connectivity index (χ4n) is 1.48. The Morgan fingerprint density at radius 2 is 2.19 bits per heavy atom. The molecule has 0 radical (unpaired) electrons. The summed E-state index contributed by atoms with van der Waals surface area (Å²) in [5.41, 5.74) is -0.819. The molecule has 0 fully saturated rings. The SMILES string of the molecule is O=C(O)c1cccnc1Oc1cc(F)c(Br)cc1[N+](=O)[O-]. The minimum atomic E-state index is -1.32. The van der Waals surface area contributed by atoms with E-state index in [4.69, 9.17) is 9.84 Å². The molecule has 1 N–H and O–H groups in total. The van der Waals surface area contributed by atoms with Gasteiger partial charge in [-0.1, -0.05) is 0 Å². The molecule has 108 valence electrons. The molecule has 7 nitrogen and oxygen atoms in total. The van der Waals surface area contributed by atoms with Gasteiger partial charge in [-0.3, -0.25) is 10.1 Å². The van der Waals surface area contributed by atoms with Gasteiger partial charge < -0.3 is 9.84 Å². The minimum Gasteiger partial charge on any atom is -0.477 e. The quantitative estimate of drug-likeness (QED) is 0.665. The largest absolute Gasteiger partial charge is 0.477 e. The standard InChI is InChI=1S/C12H6BrFN2O5/c13-7-4-9(16(19)20)10(5-8(7)14)21-11-6(12(17)18)2-1-3-15-11/h1-5H,(H,17,18). The van der Waals surface area contributed by atoms with E-state index in [1.165, 1.54) is 18.3 Å². The Labute approximate surface area is 125 Å². The van der Waals surface area contributed by atoms with Gasteiger partial charge in [0.15, 0.2) is 0 Å². The number of pyridine rings is 1. The summed E-state index contributed by atoms with van der Waals surface area (Å²) in [7, 11) is 0. The van der Waals surface area contributed by atoms with Gasteiger partial charge in [0.25, 0.3) is 0 Å². The highest BCUT2D eigenvalue weighted by Gasteiger charge is 2.22. The molecule has 0 amide bonds. The van der Waals surface area contributed by atoms with E-state index in [0.29, 0.717) is 0 Å². The highest BCUT2D eigenvalue weighted by Crippen LogP contribution is 2.35. The number of hydrogen-bond donors (Lipinski definition) is 1. The van der Waals surface area contributed by atoms with Gasteiger partial charge in [-0.2, -0.15) is 0 Å². The van der Waals surface area contributed by atoms with E-state index >= 15 is 0 Å². The Bertz CT molecular complexity index is 738. The van der Waals surface area contributed by atoms with E-state index < -0.39 is 28.1 Å². The number of carboxylic acids is 1. The summed E-state index contributed by atoms with van der Waals surface area (Å²) in [5, 5.41) is 19.9. The third-order valence-electron chi connectivity index (χ3n) is 2.41. The molecule has 1 aromatic carbocycles. The van der Waals surface area contributed by atoms with Crippen molar-refractivity contribution >= 4 is 27.6 Å². The molecule has 0 bridgehead atoms. The molecule has 21 heavy (non-hydrogen) atoms. The maximum atomic E-state index is 13.5. The molecule has 0 aliphatic rings. The highest BCUT2D eigenvalue weighted by molar-refractivity contribution is 9.10. The smallest absolute Gasteiger partial charge is 0.341 e. The fourth-order valence-corrected chi connectivity index (χ4v) is 1.81. The Balaban J connectivity index is 2.52. The summed E-state index contributed by atoms with van der Waals surface area (Å²) >= 11 is 2.83. The number of nitro benzene ring substituents is 1. The molecule has 9 heteroatoms. The van der Waals surface area contributed by atoms with Gasteiger partial charge in [-0.05, 0) is 28.1 Å². The van der Waals surface area contributed by atoms with Crippen LogP contribution in [0.25, 0.3) is 0 Å². The lowest BCUT2D eigenvalue weighted by atomic mass is 10.2. The van der Waals surface area contributed by atoms with E-state index in [2.05, 4.69) is 20.9 Å². The second kappa shape index (κ2) is 5.83. The number of hydrogen-bond acceptors (Lipinski definition) is 5. The van der Waals surface area contributed by atoms with Crippen molar-refractivity contribution in [1.82, 2.24) is 4.98 Å². The van der Waals surface area contributed by atoms with Gasteiger partial charge in [-0.25, -0.2) is 14.2 Å². The van der Waals surface area contributed by atoms with Gasteiger partial charge in [0.1, 0.15) is 11.4 Å². The van der Waals surface area contributed by atoms with Crippen LogP contribution in [0.5, 0.6) is 11.6 Å². The van der Waals surface area contributed by atoms with Crippen LogP contribution >= 0.6 is 15.9 Å². The van der Waals surface area contributed by atoms with Gasteiger partial charge >= 0.3 is 11.7 Å². The Hall–Kier alpha value is -2.55. The van der Waals surface area contributed by atoms with E-state index in [-0.39, 0.29) is 15.9 Å². The molecule has 0 unspecified atom stereocenters. The van der Waals surface area contributed by atoms with Crippen LogP contribution in [0.1, 0.15) is 10.4 Å². The fraction of sp³-hybridized carbons (Fsp3) is 0. The number of rotatable bonds is 4. The Kier molecular flexibility index (Phi) is 4.13. The van der Waals surface area contributed by atoms with Crippen LogP contribution in [0.4, 0.5) is 10.1 Å². The number of nitrogens with zero attached hydrogens (tertiary/aromatic N) is 2. The zero-order chi connectivity index (χ0) is 15.6. The first-order valence-electron chi connectivity index (χ1n) is 5.39. The lowest BCUT2D eigenvalue weighted by Gasteiger charge is -2.08. The number of carboxylic acid groups (broad SMARTS) is 1. The molecule has 0 aliphatic carbocycles. The molecule has 0 spiro atoms. The van der Waals surface area contributed by atoms with Crippen LogP contribution < -0.4 is 4.74 Å². The molecule has 1 aromatic heterocycles. The maximum absolute atomic E-state index is 13.5. The van der Waals surface area contributed by atoms with E-state index in [1.807, 2.05) is 0 Å². The molecule has 2 aromatic rings. The van der Waals surface area contributed by atoms with E-state index in [0.717, 1.165) is 12.1 Å². The minimum absolute atomic E-state index is 0.110. The molecule has 2 rings (SSSR count). The lowest BCUT2D eigenvalue weighted by Crippen LogP contribution is -2.03. The molecule has 0 saturated heterocycles. The maximum Gasteiger partial charge on any atom is 0.341 e. The zero-order valence-electron chi connectivity index (χ0n) is 10.1. The first-order valence-corrected chi connectivity index (χ1v) is 6.19. The van der Waals surface area contributed by atoms with Crippen LogP contribution in [-0.4, -0.2) is 21.0 Å². The first-order chi connectivity index (χ1) is 9.90. The van der Waals surface area contributed by atoms with Crippen LogP contribution in [0.3, 0.4) is 0 Å². The number of aromatic carboxylic acids is 1. The molecular weight excluding hydrogens is 351 g/mol. The number of halogens is 2. The summed E-state index contributed by atoms with van der Waals surface area (Å²) in [4.78, 5) is 24.9. The normalized spacial score (nSPS) is 10.2. The molecule has 1 heterocycles. The summed E-state index contributed by atoms with van der Waals surface area (Å²) in [6.07, 6.45) is 1.25. The van der Waals surface area contributed by atoms with Crippen LogP contribution in [0.2, 0.25) is 0 Å². The van der Waals surface area contributed by atoms with Crippen molar-refractivity contribution in [3.8, 4) is 11.6 Å². The van der Waals surface area contributed by atoms with Crippen molar-refractivity contribution < 1.29 is 24.0 Å². The molecule has 0 atom stereocenters. The van der Waals surface area contributed by atoms with Crippen LogP contribution in [0.15, 0.2) is 34.9 Å².